The lowest BCUT2D eigenvalue weighted by molar-refractivity contribution is 1.08. The van der Waals surface area contributed by atoms with Crippen LogP contribution in [-0.2, 0) is 0 Å². The van der Waals surface area contributed by atoms with Crippen molar-refractivity contribution in [1.82, 2.24) is 24.9 Å². The van der Waals surface area contributed by atoms with Gasteiger partial charge in [-0.2, -0.15) is 0 Å². The van der Waals surface area contributed by atoms with Crippen LogP contribution in [0.3, 0.4) is 0 Å². The lowest BCUT2D eigenvalue weighted by Gasteiger charge is -2.19. The summed E-state index contributed by atoms with van der Waals surface area (Å²) in [5.74, 6) is 2.49. The van der Waals surface area contributed by atoms with E-state index in [0.29, 0.717) is 23.3 Å². The van der Waals surface area contributed by atoms with Crippen LogP contribution in [0.2, 0.25) is 0 Å². The van der Waals surface area contributed by atoms with Crippen molar-refractivity contribution >= 4 is 10.8 Å². The summed E-state index contributed by atoms with van der Waals surface area (Å²) in [6, 6.07) is 72.8. The summed E-state index contributed by atoms with van der Waals surface area (Å²) in [5, 5.41) is 2.15. The molecule has 0 unspecified atom stereocenters. The molecule has 0 saturated heterocycles. The van der Waals surface area contributed by atoms with Crippen molar-refractivity contribution in [1.29, 1.82) is 0 Å². The molecule has 0 spiro atoms. The fourth-order valence-electron chi connectivity index (χ4n) is 7.60. The van der Waals surface area contributed by atoms with Crippen molar-refractivity contribution in [2.75, 3.05) is 0 Å². The molecule has 0 bridgehead atoms. The first-order valence-electron chi connectivity index (χ1n) is 19.3. The van der Waals surface area contributed by atoms with E-state index >= 15 is 0 Å². The summed E-state index contributed by atoms with van der Waals surface area (Å²) in [4.78, 5) is 26.0. The molecule has 2 heterocycles. The van der Waals surface area contributed by atoms with Gasteiger partial charge in [-0.15, -0.1) is 0 Å². The van der Waals surface area contributed by atoms with Gasteiger partial charge < -0.3 is 0 Å². The van der Waals surface area contributed by atoms with Crippen molar-refractivity contribution in [2.24, 2.45) is 0 Å². The van der Waals surface area contributed by atoms with Crippen molar-refractivity contribution in [3.63, 3.8) is 0 Å². The SMILES string of the molecule is c1ccc(-c2cc(-c3ccccc3)nc(-c3ccccc3-c3ccccc3-c3ccc4ccccc4c3-c3nc(-c4ccccc4)nc(-c4ccccc4)n3)n2)cc1. The van der Waals surface area contributed by atoms with E-state index in [1.165, 1.54) is 0 Å². The maximum absolute atomic E-state index is 5.24. The molecule has 0 atom stereocenters. The lowest BCUT2D eigenvalue weighted by Crippen LogP contribution is -2.02. The molecule has 10 aromatic rings. The first-order chi connectivity index (χ1) is 28.8. The fourth-order valence-corrected chi connectivity index (χ4v) is 7.60. The first kappa shape index (κ1) is 34.6. The zero-order valence-electron chi connectivity index (χ0n) is 31.4. The van der Waals surface area contributed by atoms with Gasteiger partial charge in [0.15, 0.2) is 23.3 Å². The Kier molecular flexibility index (Phi) is 9.14. The molecule has 0 aliphatic heterocycles. The largest absolute Gasteiger partial charge is 0.228 e. The second-order valence-electron chi connectivity index (χ2n) is 14.0. The molecule has 2 aromatic heterocycles. The van der Waals surface area contributed by atoms with Crippen LogP contribution >= 0.6 is 0 Å². The van der Waals surface area contributed by atoms with Gasteiger partial charge >= 0.3 is 0 Å². The third kappa shape index (κ3) is 6.71. The van der Waals surface area contributed by atoms with Gasteiger partial charge in [-0.05, 0) is 39.1 Å². The van der Waals surface area contributed by atoms with Crippen LogP contribution in [0.1, 0.15) is 0 Å². The van der Waals surface area contributed by atoms with Gasteiger partial charge in [-0.3, -0.25) is 0 Å². The minimum absolute atomic E-state index is 0.606. The topological polar surface area (TPSA) is 64.5 Å². The Labute approximate surface area is 337 Å². The van der Waals surface area contributed by atoms with E-state index in [-0.39, 0.29) is 0 Å². The highest BCUT2D eigenvalue weighted by Gasteiger charge is 2.22. The van der Waals surface area contributed by atoms with E-state index in [1.54, 1.807) is 0 Å². The molecule has 0 aliphatic rings. The first-order valence-corrected chi connectivity index (χ1v) is 19.3. The van der Waals surface area contributed by atoms with Gasteiger partial charge in [0.1, 0.15) is 0 Å². The monoisotopic (exact) mass is 741 g/mol. The minimum Gasteiger partial charge on any atom is -0.228 e. The predicted molar refractivity (Wildman–Crippen MR) is 236 cm³/mol. The lowest BCUT2D eigenvalue weighted by atomic mass is 9.87. The summed E-state index contributed by atoms with van der Waals surface area (Å²) in [7, 11) is 0. The number of aromatic nitrogens is 5. The maximum Gasteiger partial charge on any atom is 0.165 e. The Hall–Kier alpha value is -7.89. The van der Waals surface area contributed by atoms with Crippen LogP contribution in [0, 0.1) is 0 Å². The maximum atomic E-state index is 5.24. The second kappa shape index (κ2) is 15.3. The van der Waals surface area contributed by atoms with E-state index in [2.05, 4.69) is 115 Å². The highest BCUT2D eigenvalue weighted by Crippen LogP contribution is 2.44. The summed E-state index contributed by atoms with van der Waals surface area (Å²) in [6.45, 7) is 0. The molecular formula is C53H35N5. The number of rotatable bonds is 8. The van der Waals surface area contributed by atoms with Gasteiger partial charge in [0.05, 0.1) is 11.4 Å². The zero-order valence-corrected chi connectivity index (χ0v) is 31.4. The quantitative estimate of drug-likeness (QED) is 0.155. The van der Waals surface area contributed by atoms with Gasteiger partial charge in [-0.1, -0.05) is 206 Å². The van der Waals surface area contributed by atoms with Crippen molar-refractivity contribution in [3.05, 3.63) is 212 Å². The van der Waals surface area contributed by atoms with E-state index in [0.717, 1.165) is 77.8 Å². The van der Waals surface area contributed by atoms with Gasteiger partial charge in [-0.25, -0.2) is 24.9 Å². The van der Waals surface area contributed by atoms with E-state index < -0.39 is 0 Å². The minimum atomic E-state index is 0.606. The Morgan fingerprint density at radius 3 is 1.17 bits per heavy atom. The van der Waals surface area contributed by atoms with Crippen molar-refractivity contribution < 1.29 is 0 Å². The summed E-state index contributed by atoms with van der Waals surface area (Å²) in [5.41, 5.74) is 11.6. The Balaban J connectivity index is 1.20. The van der Waals surface area contributed by atoms with Crippen LogP contribution < -0.4 is 0 Å². The molecule has 10 rings (SSSR count). The van der Waals surface area contributed by atoms with Crippen LogP contribution in [0.4, 0.5) is 0 Å². The highest BCUT2D eigenvalue weighted by atomic mass is 15.0. The van der Waals surface area contributed by atoms with Crippen molar-refractivity contribution in [2.45, 2.75) is 0 Å². The van der Waals surface area contributed by atoms with Gasteiger partial charge in [0.2, 0.25) is 0 Å². The van der Waals surface area contributed by atoms with Gasteiger partial charge in [0.25, 0.3) is 0 Å². The molecule has 0 saturated carbocycles. The number of nitrogens with zero attached hydrogens (tertiary/aromatic N) is 5. The second-order valence-corrected chi connectivity index (χ2v) is 14.0. The number of hydrogen-bond acceptors (Lipinski definition) is 5. The predicted octanol–water partition coefficient (Wildman–Crippen LogP) is 13.2. The number of fused-ring (bicyclic) bond motifs is 1. The zero-order chi connectivity index (χ0) is 38.7. The summed E-state index contributed by atoms with van der Waals surface area (Å²) < 4.78 is 0. The molecule has 272 valence electrons. The molecule has 0 N–H and O–H groups in total. The van der Waals surface area contributed by atoms with Crippen LogP contribution in [-0.4, -0.2) is 24.9 Å². The van der Waals surface area contributed by atoms with E-state index in [4.69, 9.17) is 24.9 Å². The van der Waals surface area contributed by atoms with Crippen LogP contribution in [0.25, 0.3) is 101 Å². The summed E-state index contributed by atoms with van der Waals surface area (Å²) in [6.07, 6.45) is 0. The molecule has 5 nitrogen and oxygen atoms in total. The summed E-state index contributed by atoms with van der Waals surface area (Å²) >= 11 is 0. The Morgan fingerprint density at radius 1 is 0.241 bits per heavy atom. The average Bonchev–Trinajstić information content (AvgIpc) is 3.32. The van der Waals surface area contributed by atoms with Crippen LogP contribution in [0.15, 0.2) is 212 Å². The highest BCUT2D eigenvalue weighted by molar-refractivity contribution is 6.05. The molecule has 8 aromatic carbocycles. The van der Waals surface area contributed by atoms with E-state index in [1.807, 2.05) is 97.1 Å². The molecule has 5 heteroatoms. The smallest absolute Gasteiger partial charge is 0.165 e. The van der Waals surface area contributed by atoms with Gasteiger partial charge in [0, 0.05) is 33.4 Å². The van der Waals surface area contributed by atoms with Crippen molar-refractivity contribution in [3.8, 4) is 90.3 Å². The van der Waals surface area contributed by atoms with Crippen LogP contribution in [0.5, 0.6) is 0 Å². The average molecular weight is 742 g/mol. The fraction of sp³-hybridized carbons (Fsp3) is 0. The third-order valence-electron chi connectivity index (χ3n) is 10.4. The number of hydrogen-bond donors (Lipinski definition) is 0. The molecule has 58 heavy (non-hydrogen) atoms. The number of benzene rings is 8. The Bertz CT molecular complexity index is 2930. The molecule has 0 aliphatic carbocycles. The normalized spacial score (nSPS) is 11.1. The van der Waals surface area contributed by atoms with E-state index in [9.17, 15) is 0 Å². The third-order valence-corrected chi connectivity index (χ3v) is 10.4. The molecular weight excluding hydrogens is 707 g/mol. The standard InChI is InChI=1S/C53H35N5/c1-5-20-37(21-6-1)47-35-48(38-22-7-2-8-23-38)55-52(54-47)46-32-18-17-31-44(46)42-29-15-16-30-43(42)45-34-33-36-19-13-14-28-41(36)49(45)53-57-50(39-24-9-3-10-25-39)56-51(58-53)40-26-11-4-12-27-40/h1-35H. The molecule has 0 amide bonds. The molecule has 0 radical (unpaired) electrons. The molecule has 0 fully saturated rings. The Morgan fingerprint density at radius 2 is 0.638 bits per heavy atom.